The average Bonchev–Trinajstić information content (AvgIpc) is 2.60. The number of hydrazine groups is 1. The first-order valence-electron chi connectivity index (χ1n) is 7.63. The zero-order valence-electron chi connectivity index (χ0n) is 12.9. The minimum atomic E-state index is -0.547. The molecule has 0 saturated heterocycles. The summed E-state index contributed by atoms with van der Waals surface area (Å²) in [5, 5.41) is 12.9. The highest BCUT2D eigenvalue weighted by Crippen LogP contribution is 2.23. The molecule has 2 rings (SSSR count). The first-order chi connectivity index (χ1) is 11.5. The number of hydrogen-bond acceptors (Lipinski definition) is 5. The van der Waals surface area contributed by atoms with Gasteiger partial charge in [0.25, 0.3) is 11.6 Å². The van der Waals surface area contributed by atoms with Crippen LogP contribution in [-0.2, 0) is 4.79 Å². The summed E-state index contributed by atoms with van der Waals surface area (Å²) in [7, 11) is 0. The number of non-ortho nitro benzene ring substituents is 1. The van der Waals surface area contributed by atoms with Gasteiger partial charge in [-0.25, -0.2) is 0 Å². The quantitative estimate of drug-likeness (QED) is 0.435. The van der Waals surface area contributed by atoms with Crippen LogP contribution in [0.25, 0.3) is 0 Å². The molecule has 9 heteroatoms. The second kappa shape index (κ2) is 8.34. The second-order valence-corrected chi connectivity index (χ2v) is 5.94. The molecule has 8 nitrogen and oxygen atoms in total. The molecule has 0 heterocycles. The van der Waals surface area contributed by atoms with Crippen LogP contribution in [0.4, 0.5) is 5.69 Å². The Labute approximate surface area is 144 Å². The first kappa shape index (κ1) is 17.8. The molecule has 1 aliphatic rings. The van der Waals surface area contributed by atoms with Crippen LogP contribution in [0, 0.1) is 16.0 Å². The molecule has 0 radical (unpaired) electrons. The molecule has 0 atom stereocenters. The summed E-state index contributed by atoms with van der Waals surface area (Å²) in [4.78, 5) is 33.9. The number of nitrogens with zero attached hydrogens (tertiary/aromatic N) is 1. The number of nitro groups is 1. The van der Waals surface area contributed by atoms with Crippen LogP contribution < -0.4 is 16.2 Å². The minimum absolute atomic E-state index is 0.0283. The van der Waals surface area contributed by atoms with Gasteiger partial charge in [0.15, 0.2) is 5.11 Å². The molecule has 3 N–H and O–H groups in total. The second-order valence-electron chi connectivity index (χ2n) is 5.54. The van der Waals surface area contributed by atoms with Crippen LogP contribution in [-0.4, -0.2) is 21.9 Å². The lowest BCUT2D eigenvalue weighted by atomic mass is 9.89. The van der Waals surface area contributed by atoms with E-state index in [4.69, 9.17) is 12.2 Å². The third-order valence-electron chi connectivity index (χ3n) is 3.84. The largest absolute Gasteiger partial charge is 0.298 e. The average molecular weight is 350 g/mol. The van der Waals surface area contributed by atoms with Crippen LogP contribution >= 0.6 is 12.2 Å². The van der Waals surface area contributed by atoms with Crippen molar-refractivity contribution in [3.05, 3.63) is 39.9 Å². The summed E-state index contributed by atoms with van der Waals surface area (Å²) in [5.41, 5.74) is 5.12. The Bertz CT molecular complexity index is 641. The third-order valence-corrected chi connectivity index (χ3v) is 4.05. The number of thiocarbonyl (C=S) groups is 1. The van der Waals surface area contributed by atoms with E-state index in [-0.39, 0.29) is 28.2 Å². The predicted molar refractivity (Wildman–Crippen MR) is 91.0 cm³/mol. The van der Waals surface area contributed by atoms with Gasteiger partial charge in [0.1, 0.15) is 0 Å². The van der Waals surface area contributed by atoms with Gasteiger partial charge in [-0.15, -0.1) is 0 Å². The van der Waals surface area contributed by atoms with E-state index >= 15 is 0 Å². The molecule has 0 unspecified atom stereocenters. The summed E-state index contributed by atoms with van der Waals surface area (Å²) in [5.74, 6) is -0.685. The molecule has 1 fully saturated rings. The van der Waals surface area contributed by atoms with E-state index in [2.05, 4.69) is 16.2 Å². The lowest BCUT2D eigenvalue weighted by molar-refractivity contribution is -0.384. The van der Waals surface area contributed by atoms with Crippen LogP contribution in [0.3, 0.4) is 0 Å². The molecule has 2 amide bonds. The van der Waals surface area contributed by atoms with Crippen molar-refractivity contribution in [2.24, 2.45) is 5.92 Å². The fourth-order valence-corrected chi connectivity index (χ4v) is 2.67. The van der Waals surface area contributed by atoms with Gasteiger partial charge in [-0.1, -0.05) is 19.3 Å². The van der Waals surface area contributed by atoms with Crippen molar-refractivity contribution in [2.75, 3.05) is 0 Å². The number of benzene rings is 1. The third kappa shape index (κ3) is 4.98. The number of amides is 2. The molecule has 24 heavy (non-hydrogen) atoms. The topological polar surface area (TPSA) is 113 Å². The normalized spacial score (nSPS) is 14.5. The van der Waals surface area contributed by atoms with Crippen molar-refractivity contribution in [3.8, 4) is 0 Å². The molecule has 1 aromatic carbocycles. The van der Waals surface area contributed by atoms with Crippen molar-refractivity contribution < 1.29 is 14.5 Å². The van der Waals surface area contributed by atoms with E-state index in [0.29, 0.717) is 0 Å². The fourth-order valence-electron chi connectivity index (χ4n) is 2.53. The Balaban J connectivity index is 1.79. The predicted octanol–water partition coefficient (Wildman–Crippen LogP) is 1.81. The highest BCUT2D eigenvalue weighted by Gasteiger charge is 2.21. The van der Waals surface area contributed by atoms with Crippen LogP contribution in [0.5, 0.6) is 0 Å². The van der Waals surface area contributed by atoms with Gasteiger partial charge in [0.05, 0.1) is 4.92 Å². The van der Waals surface area contributed by atoms with Gasteiger partial charge >= 0.3 is 0 Å². The van der Waals surface area contributed by atoms with Gasteiger partial charge in [-0.05, 0) is 37.2 Å². The summed E-state index contributed by atoms with van der Waals surface area (Å²) in [6, 6.07) is 5.12. The molecule has 1 aromatic rings. The molecule has 0 bridgehead atoms. The van der Waals surface area contributed by atoms with Gasteiger partial charge in [0, 0.05) is 23.6 Å². The number of nitro benzene ring substituents is 1. The number of nitrogens with one attached hydrogen (secondary N) is 3. The fraction of sp³-hybridized carbons (Fsp3) is 0.400. The van der Waals surface area contributed by atoms with Crippen molar-refractivity contribution in [2.45, 2.75) is 32.1 Å². The number of rotatable bonds is 3. The maximum atomic E-state index is 12.0. The Morgan fingerprint density at radius 2 is 1.71 bits per heavy atom. The Morgan fingerprint density at radius 1 is 1.08 bits per heavy atom. The number of hydrogen-bond donors (Lipinski definition) is 3. The van der Waals surface area contributed by atoms with Crippen molar-refractivity contribution >= 4 is 34.8 Å². The van der Waals surface area contributed by atoms with Gasteiger partial charge in [-0.3, -0.25) is 35.9 Å². The Morgan fingerprint density at radius 3 is 2.29 bits per heavy atom. The molecule has 0 spiro atoms. The molecular formula is C15H18N4O4S. The van der Waals surface area contributed by atoms with Crippen molar-refractivity contribution in [1.29, 1.82) is 0 Å². The summed E-state index contributed by atoms with van der Waals surface area (Å²) < 4.78 is 0. The van der Waals surface area contributed by atoms with E-state index < -0.39 is 10.8 Å². The van der Waals surface area contributed by atoms with Gasteiger partial charge < -0.3 is 0 Å². The zero-order valence-corrected chi connectivity index (χ0v) is 13.7. The summed E-state index contributed by atoms with van der Waals surface area (Å²) in [6.07, 6.45) is 4.95. The highest BCUT2D eigenvalue weighted by atomic mass is 32.1. The zero-order chi connectivity index (χ0) is 17.5. The maximum Gasteiger partial charge on any atom is 0.269 e. The molecule has 128 valence electrons. The lowest BCUT2D eigenvalue weighted by Crippen LogP contribution is -2.50. The van der Waals surface area contributed by atoms with Gasteiger partial charge in [0.2, 0.25) is 5.91 Å². The van der Waals surface area contributed by atoms with Crippen molar-refractivity contribution in [1.82, 2.24) is 16.2 Å². The van der Waals surface area contributed by atoms with E-state index in [1.54, 1.807) is 0 Å². The lowest BCUT2D eigenvalue weighted by Gasteiger charge is -2.21. The van der Waals surface area contributed by atoms with Crippen LogP contribution in [0.1, 0.15) is 42.5 Å². The van der Waals surface area contributed by atoms with E-state index in [1.807, 2.05) is 0 Å². The molecule has 1 saturated carbocycles. The van der Waals surface area contributed by atoms with Crippen LogP contribution in [0.15, 0.2) is 24.3 Å². The molecular weight excluding hydrogens is 332 g/mol. The highest BCUT2D eigenvalue weighted by molar-refractivity contribution is 7.80. The molecule has 0 aliphatic heterocycles. The number of carbonyl (C=O) groups excluding carboxylic acids is 2. The number of carbonyl (C=O) groups is 2. The SMILES string of the molecule is O=C(NC(=S)NNC(=O)C1CCCCC1)c1ccc([N+](=O)[O-])cc1. The Hall–Kier alpha value is -2.55. The van der Waals surface area contributed by atoms with Crippen LogP contribution in [0.2, 0.25) is 0 Å². The summed E-state index contributed by atoms with van der Waals surface area (Å²) >= 11 is 4.95. The van der Waals surface area contributed by atoms with Crippen molar-refractivity contribution in [3.63, 3.8) is 0 Å². The van der Waals surface area contributed by atoms with E-state index in [9.17, 15) is 19.7 Å². The maximum absolute atomic E-state index is 12.0. The Kier molecular flexibility index (Phi) is 6.19. The molecule has 0 aromatic heterocycles. The standard InChI is InChI=1S/C15H18N4O4S/c20-13(11-6-8-12(9-7-11)19(22)23)16-15(24)18-17-14(21)10-4-2-1-3-5-10/h6-10H,1-5H2,(H,17,21)(H2,16,18,20,24). The minimum Gasteiger partial charge on any atom is -0.298 e. The van der Waals surface area contributed by atoms with E-state index in [1.165, 1.54) is 24.3 Å². The smallest absolute Gasteiger partial charge is 0.269 e. The van der Waals surface area contributed by atoms with E-state index in [0.717, 1.165) is 32.1 Å². The summed E-state index contributed by atoms with van der Waals surface area (Å²) in [6.45, 7) is 0. The van der Waals surface area contributed by atoms with Gasteiger partial charge in [-0.2, -0.15) is 0 Å². The molecule has 1 aliphatic carbocycles. The monoisotopic (exact) mass is 350 g/mol. The first-order valence-corrected chi connectivity index (χ1v) is 8.04.